The second-order valence-corrected chi connectivity index (χ2v) is 10.1. The quantitative estimate of drug-likeness (QED) is 0.150. The molecule has 0 N–H and O–H groups in total. The number of rotatable bonds is 10. The first-order chi connectivity index (χ1) is 18.5. The maximum Gasteiger partial charge on any atom is 0.167 e. The zero-order valence-electron chi connectivity index (χ0n) is 21.5. The van der Waals surface area contributed by atoms with Crippen molar-refractivity contribution in [3.63, 3.8) is 0 Å². The Labute approximate surface area is 220 Å². The SMILES string of the molecule is CCCCCCCC1OCC(c2ccc(-c3ccc(-c4ccc(C5CO5)c(F)c4F)cc3)c(F)c2F)CO1. The predicted molar refractivity (Wildman–Crippen MR) is 138 cm³/mol. The van der Waals surface area contributed by atoms with Gasteiger partial charge in [0.15, 0.2) is 29.6 Å². The van der Waals surface area contributed by atoms with Crippen molar-refractivity contribution in [2.45, 2.75) is 63.8 Å². The molecule has 202 valence electrons. The average molecular weight is 529 g/mol. The Balaban J connectivity index is 1.25. The third kappa shape index (κ3) is 5.80. The van der Waals surface area contributed by atoms with Crippen LogP contribution in [0, 0.1) is 23.3 Å². The Hall–Kier alpha value is -2.74. The summed E-state index contributed by atoms with van der Waals surface area (Å²) in [6.07, 6.45) is 5.89. The highest BCUT2D eigenvalue weighted by Gasteiger charge is 2.30. The number of benzene rings is 3. The van der Waals surface area contributed by atoms with Crippen molar-refractivity contribution < 1.29 is 31.8 Å². The molecule has 0 spiro atoms. The number of hydrogen-bond donors (Lipinski definition) is 0. The molecule has 3 nitrogen and oxygen atoms in total. The van der Waals surface area contributed by atoms with Crippen molar-refractivity contribution in [2.75, 3.05) is 19.8 Å². The van der Waals surface area contributed by atoms with Gasteiger partial charge >= 0.3 is 0 Å². The third-order valence-electron chi connectivity index (χ3n) is 7.36. The van der Waals surface area contributed by atoms with Gasteiger partial charge < -0.3 is 14.2 Å². The minimum absolute atomic E-state index is 0.0910. The molecule has 2 aliphatic rings. The molecule has 2 heterocycles. The van der Waals surface area contributed by atoms with E-state index in [9.17, 15) is 8.78 Å². The minimum atomic E-state index is -0.959. The normalized spacial score (nSPS) is 21.0. The van der Waals surface area contributed by atoms with Gasteiger partial charge in [-0.15, -0.1) is 0 Å². The Morgan fingerprint density at radius 2 is 1.13 bits per heavy atom. The highest BCUT2D eigenvalue weighted by atomic mass is 19.2. The van der Waals surface area contributed by atoms with Gasteiger partial charge in [-0.3, -0.25) is 0 Å². The molecule has 0 amide bonds. The standard InChI is InChI=1S/C31H32F4O3/c1-2-3-4-5-6-7-27-37-16-21(17-38-27)24-13-12-22(28(32)30(24)34)19-8-10-20(11-9-19)23-14-15-25(26-18-36-26)31(35)29(23)33/h8-15,21,26-27H,2-7,16-18H2,1H3. The monoisotopic (exact) mass is 528 g/mol. The molecule has 7 heteroatoms. The fourth-order valence-electron chi connectivity index (χ4n) is 5.00. The van der Waals surface area contributed by atoms with Gasteiger partial charge in [0.1, 0.15) is 6.10 Å². The van der Waals surface area contributed by atoms with Crippen LogP contribution in [0.25, 0.3) is 22.3 Å². The van der Waals surface area contributed by atoms with Gasteiger partial charge in [-0.05, 0) is 29.5 Å². The molecule has 3 aromatic rings. The summed E-state index contributed by atoms with van der Waals surface area (Å²) in [5, 5.41) is 0. The molecule has 2 fully saturated rings. The molecule has 1 atom stereocenters. The molecule has 38 heavy (non-hydrogen) atoms. The number of ether oxygens (including phenoxy) is 3. The fraction of sp³-hybridized carbons (Fsp3) is 0.419. The summed E-state index contributed by atoms with van der Waals surface area (Å²) in [5.74, 6) is -4.15. The van der Waals surface area contributed by atoms with Gasteiger partial charge in [0.25, 0.3) is 0 Å². The summed E-state index contributed by atoms with van der Waals surface area (Å²) in [6, 6.07) is 12.4. The van der Waals surface area contributed by atoms with E-state index in [0.717, 1.165) is 19.3 Å². The molecular weight excluding hydrogens is 496 g/mol. The second kappa shape index (κ2) is 12.0. The first kappa shape index (κ1) is 26.9. The van der Waals surface area contributed by atoms with E-state index in [1.807, 2.05) is 0 Å². The molecule has 0 aromatic heterocycles. The molecule has 3 aromatic carbocycles. The van der Waals surface area contributed by atoms with Gasteiger partial charge in [-0.25, -0.2) is 17.6 Å². The van der Waals surface area contributed by atoms with E-state index in [2.05, 4.69) is 6.92 Å². The highest BCUT2D eigenvalue weighted by molar-refractivity contribution is 5.71. The van der Waals surface area contributed by atoms with Crippen molar-refractivity contribution in [1.29, 1.82) is 0 Å². The lowest BCUT2D eigenvalue weighted by Crippen LogP contribution is -2.31. The van der Waals surface area contributed by atoms with Crippen molar-refractivity contribution in [3.8, 4) is 22.3 Å². The lowest BCUT2D eigenvalue weighted by molar-refractivity contribution is -0.190. The van der Waals surface area contributed by atoms with Gasteiger partial charge in [0.05, 0.1) is 19.8 Å². The maximum atomic E-state index is 15.1. The third-order valence-corrected chi connectivity index (χ3v) is 7.36. The largest absolute Gasteiger partial charge is 0.368 e. The molecule has 0 bridgehead atoms. The molecule has 1 unspecified atom stereocenters. The fourth-order valence-corrected chi connectivity index (χ4v) is 5.00. The maximum absolute atomic E-state index is 15.1. The van der Waals surface area contributed by atoms with Crippen LogP contribution in [0.3, 0.4) is 0 Å². The summed E-state index contributed by atoms with van der Waals surface area (Å²) < 4.78 is 76.0. The number of hydrogen-bond acceptors (Lipinski definition) is 3. The molecule has 0 radical (unpaired) electrons. The molecule has 0 aliphatic carbocycles. The van der Waals surface area contributed by atoms with Gasteiger partial charge in [0, 0.05) is 22.6 Å². The first-order valence-electron chi connectivity index (χ1n) is 13.4. The van der Waals surface area contributed by atoms with Gasteiger partial charge in [-0.1, -0.05) is 81.1 Å². The number of unbranched alkanes of at least 4 members (excludes halogenated alkanes) is 4. The minimum Gasteiger partial charge on any atom is -0.368 e. The Kier molecular flexibility index (Phi) is 8.46. The van der Waals surface area contributed by atoms with Crippen LogP contribution in [-0.2, 0) is 14.2 Å². The van der Waals surface area contributed by atoms with Gasteiger partial charge in [-0.2, -0.15) is 0 Å². The van der Waals surface area contributed by atoms with E-state index in [4.69, 9.17) is 14.2 Å². The molecular formula is C31H32F4O3. The van der Waals surface area contributed by atoms with Crippen LogP contribution < -0.4 is 0 Å². The average Bonchev–Trinajstić information content (AvgIpc) is 3.78. The van der Waals surface area contributed by atoms with Crippen LogP contribution in [-0.4, -0.2) is 26.1 Å². The van der Waals surface area contributed by atoms with Crippen LogP contribution in [0.1, 0.15) is 68.6 Å². The topological polar surface area (TPSA) is 31.0 Å². The molecule has 5 rings (SSSR count). The lowest BCUT2D eigenvalue weighted by atomic mass is 9.94. The first-order valence-corrected chi connectivity index (χ1v) is 13.4. The lowest BCUT2D eigenvalue weighted by Gasteiger charge is -2.30. The van der Waals surface area contributed by atoms with Crippen molar-refractivity contribution in [2.24, 2.45) is 0 Å². The van der Waals surface area contributed by atoms with Crippen LogP contribution >= 0.6 is 0 Å². The molecule has 2 saturated heterocycles. The molecule has 0 saturated carbocycles. The summed E-state index contributed by atoms with van der Waals surface area (Å²) in [5.41, 5.74) is 1.47. The van der Waals surface area contributed by atoms with Crippen molar-refractivity contribution in [1.82, 2.24) is 0 Å². The Bertz CT molecular complexity index is 1250. The van der Waals surface area contributed by atoms with Crippen LogP contribution in [0.5, 0.6) is 0 Å². The number of halogens is 4. The Morgan fingerprint density at radius 3 is 1.68 bits per heavy atom. The zero-order chi connectivity index (χ0) is 26.6. The summed E-state index contributed by atoms with van der Waals surface area (Å²) in [7, 11) is 0. The summed E-state index contributed by atoms with van der Waals surface area (Å²) in [6.45, 7) is 3.11. The van der Waals surface area contributed by atoms with Crippen molar-refractivity contribution in [3.05, 3.63) is 82.9 Å². The van der Waals surface area contributed by atoms with E-state index in [0.29, 0.717) is 17.7 Å². The highest BCUT2D eigenvalue weighted by Crippen LogP contribution is 2.37. The summed E-state index contributed by atoms with van der Waals surface area (Å²) in [4.78, 5) is 0. The zero-order valence-corrected chi connectivity index (χ0v) is 21.5. The van der Waals surface area contributed by atoms with E-state index in [-0.39, 0.29) is 47.7 Å². The van der Waals surface area contributed by atoms with E-state index in [1.54, 1.807) is 30.3 Å². The molecule has 2 aliphatic heterocycles. The predicted octanol–water partition coefficient (Wildman–Crippen LogP) is 8.47. The second-order valence-electron chi connectivity index (χ2n) is 10.1. The van der Waals surface area contributed by atoms with Crippen LogP contribution in [0.2, 0.25) is 0 Å². The summed E-state index contributed by atoms with van der Waals surface area (Å²) >= 11 is 0. The van der Waals surface area contributed by atoms with Crippen molar-refractivity contribution >= 4 is 0 Å². The Morgan fingerprint density at radius 1 is 0.605 bits per heavy atom. The van der Waals surface area contributed by atoms with Crippen LogP contribution in [0.4, 0.5) is 17.6 Å². The van der Waals surface area contributed by atoms with Gasteiger partial charge in [0.2, 0.25) is 0 Å². The van der Waals surface area contributed by atoms with Crippen LogP contribution in [0.15, 0.2) is 48.5 Å². The van der Waals surface area contributed by atoms with E-state index >= 15 is 8.78 Å². The number of epoxide rings is 1. The smallest absolute Gasteiger partial charge is 0.167 e. The van der Waals surface area contributed by atoms with E-state index in [1.165, 1.54) is 37.5 Å². The van der Waals surface area contributed by atoms with E-state index < -0.39 is 29.4 Å².